The van der Waals surface area contributed by atoms with Gasteiger partial charge in [-0.3, -0.25) is 5.32 Å². The predicted octanol–water partition coefficient (Wildman–Crippen LogP) is 0.387. The first-order valence-electron chi connectivity index (χ1n) is 5.62. The van der Waals surface area contributed by atoms with Gasteiger partial charge >= 0.3 is 12.0 Å². The first-order valence-corrected chi connectivity index (χ1v) is 6.40. The molecule has 0 saturated carbocycles. The van der Waals surface area contributed by atoms with Gasteiger partial charge in [-0.1, -0.05) is 0 Å². The minimum atomic E-state index is -1.14. The first kappa shape index (κ1) is 13.9. The highest BCUT2D eigenvalue weighted by atomic mass is 32.1. The Morgan fingerprint density at radius 2 is 2.35 bits per heavy atom. The second-order valence-electron chi connectivity index (χ2n) is 3.92. The summed E-state index contributed by atoms with van der Waals surface area (Å²) in [6, 6.07) is -1.71. The summed E-state index contributed by atoms with van der Waals surface area (Å²) in [7, 11) is 0. The number of nitrogens with one attached hydrogen (secondary N) is 3. The van der Waals surface area contributed by atoms with E-state index in [-0.39, 0.29) is 6.42 Å². The molecule has 106 valence electrons. The molecule has 2 aromatic heterocycles. The molecule has 2 rings (SSSR count). The van der Waals surface area contributed by atoms with Gasteiger partial charge in [0.25, 0.3) is 0 Å². The molecule has 2 amide bonds. The van der Waals surface area contributed by atoms with Crippen LogP contribution in [0.4, 0.5) is 9.93 Å². The molecule has 2 aromatic rings. The number of aliphatic carboxylic acids is 1. The topological polar surface area (TPSA) is 133 Å². The molecule has 9 nitrogen and oxygen atoms in total. The number of rotatable bonds is 5. The van der Waals surface area contributed by atoms with Crippen LogP contribution in [0.3, 0.4) is 0 Å². The Morgan fingerprint density at radius 3 is 2.90 bits per heavy atom. The van der Waals surface area contributed by atoms with E-state index in [2.05, 4.69) is 30.0 Å². The number of carboxylic acid groups (broad SMARTS) is 1. The van der Waals surface area contributed by atoms with Gasteiger partial charge in [-0.05, 0) is 6.92 Å². The lowest BCUT2D eigenvalue weighted by molar-refractivity contribution is -0.139. The molecule has 0 aliphatic heterocycles. The van der Waals surface area contributed by atoms with Crippen molar-refractivity contribution in [3.63, 3.8) is 0 Å². The van der Waals surface area contributed by atoms with E-state index in [1.165, 1.54) is 12.5 Å². The third-order valence-corrected chi connectivity index (χ3v) is 3.05. The number of aromatic nitrogens is 4. The van der Waals surface area contributed by atoms with Crippen LogP contribution < -0.4 is 10.6 Å². The first-order chi connectivity index (χ1) is 9.54. The Kier molecular flexibility index (Phi) is 4.25. The van der Waals surface area contributed by atoms with Crippen LogP contribution in [0, 0.1) is 6.92 Å². The number of hydrogen-bond acceptors (Lipinski definition) is 6. The van der Waals surface area contributed by atoms with E-state index in [0.717, 1.165) is 11.5 Å². The van der Waals surface area contributed by atoms with Gasteiger partial charge in [0.05, 0.1) is 6.33 Å². The van der Waals surface area contributed by atoms with Gasteiger partial charge in [-0.2, -0.15) is 4.37 Å². The number of hydrogen-bond donors (Lipinski definition) is 4. The lowest BCUT2D eigenvalue weighted by atomic mass is 10.2. The molecule has 20 heavy (non-hydrogen) atoms. The molecule has 0 aromatic carbocycles. The molecule has 1 atom stereocenters. The van der Waals surface area contributed by atoms with Gasteiger partial charge in [-0.25, -0.2) is 19.6 Å². The Balaban J connectivity index is 1.94. The van der Waals surface area contributed by atoms with E-state index in [0.29, 0.717) is 16.6 Å². The fourth-order valence-corrected chi connectivity index (χ4v) is 2.03. The molecule has 0 spiro atoms. The van der Waals surface area contributed by atoms with Gasteiger partial charge in [-0.15, -0.1) is 0 Å². The van der Waals surface area contributed by atoms with Crippen molar-refractivity contribution in [3.05, 3.63) is 24.0 Å². The van der Waals surface area contributed by atoms with Crippen LogP contribution in [0.15, 0.2) is 12.5 Å². The van der Waals surface area contributed by atoms with Crippen molar-refractivity contribution >= 4 is 28.7 Å². The zero-order valence-electron chi connectivity index (χ0n) is 10.5. The number of urea groups is 1. The molecule has 0 unspecified atom stereocenters. The minimum Gasteiger partial charge on any atom is -0.480 e. The highest BCUT2D eigenvalue weighted by Gasteiger charge is 2.21. The van der Waals surface area contributed by atoms with Gasteiger partial charge in [0, 0.05) is 29.8 Å². The largest absolute Gasteiger partial charge is 0.480 e. The maximum atomic E-state index is 11.7. The Labute approximate surface area is 117 Å². The average Bonchev–Trinajstić information content (AvgIpc) is 3.00. The molecule has 0 saturated heterocycles. The number of aryl methyl sites for hydroxylation is 1. The van der Waals surface area contributed by atoms with Crippen LogP contribution in [0.1, 0.15) is 11.5 Å². The SMILES string of the molecule is Cc1nsc(NC(=O)N[C@H](Cc2cnc[nH]2)C(=O)O)n1. The second kappa shape index (κ2) is 6.10. The van der Waals surface area contributed by atoms with Gasteiger partial charge < -0.3 is 15.4 Å². The van der Waals surface area contributed by atoms with Crippen LogP contribution in [0.5, 0.6) is 0 Å². The van der Waals surface area contributed by atoms with E-state index < -0.39 is 18.0 Å². The lowest BCUT2D eigenvalue weighted by Crippen LogP contribution is -2.44. The van der Waals surface area contributed by atoms with E-state index in [4.69, 9.17) is 5.11 Å². The molecule has 2 heterocycles. The molecule has 10 heteroatoms. The lowest BCUT2D eigenvalue weighted by Gasteiger charge is -2.13. The Bertz CT molecular complexity index is 596. The third kappa shape index (κ3) is 3.75. The molecule has 0 bridgehead atoms. The zero-order chi connectivity index (χ0) is 14.5. The average molecular weight is 296 g/mol. The molecule has 0 fully saturated rings. The van der Waals surface area contributed by atoms with E-state index >= 15 is 0 Å². The summed E-state index contributed by atoms with van der Waals surface area (Å²) >= 11 is 1.02. The summed E-state index contributed by atoms with van der Waals surface area (Å²) in [6.07, 6.45) is 3.06. The summed E-state index contributed by atoms with van der Waals surface area (Å²) < 4.78 is 3.90. The summed E-state index contributed by atoms with van der Waals surface area (Å²) in [5, 5.41) is 14.2. The highest BCUT2D eigenvalue weighted by Crippen LogP contribution is 2.09. The number of nitrogens with zero attached hydrogens (tertiary/aromatic N) is 3. The molecular weight excluding hydrogens is 284 g/mol. The van der Waals surface area contributed by atoms with Crippen molar-refractivity contribution in [1.29, 1.82) is 0 Å². The summed E-state index contributed by atoms with van der Waals surface area (Å²) in [5.74, 6) is -0.597. The van der Waals surface area contributed by atoms with Crippen LogP contribution in [0.2, 0.25) is 0 Å². The van der Waals surface area contributed by atoms with Crippen LogP contribution in [-0.2, 0) is 11.2 Å². The fourth-order valence-electron chi connectivity index (χ4n) is 1.46. The van der Waals surface area contributed by atoms with E-state index in [1.807, 2.05) is 0 Å². The van der Waals surface area contributed by atoms with Crippen molar-refractivity contribution in [2.75, 3.05) is 5.32 Å². The van der Waals surface area contributed by atoms with Crippen molar-refractivity contribution in [2.45, 2.75) is 19.4 Å². The molecular formula is C10H12N6O3S. The third-order valence-electron chi connectivity index (χ3n) is 2.33. The maximum absolute atomic E-state index is 11.7. The number of amides is 2. The highest BCUT2D eigenvalue weighted by molar-refractivity contribution is 7.09. The van der Waals surface area contributed by atoms with Gasteiger partial charge in [0.1, 0.15) is 11.9 Å². The number of aromatic amines is 1. The molecule has 0 aliphatic rings. The van der Waals surface area contributed by atoms with Crippen LogP contribution >= 0.6 is 11.5 Å². The van der Waals surface area contributed by atoms with Crippen LogP contribution in [0.25, 0.3) is 0 Å². The van der Waals surface area contributed by atoms with Crippen molar-refractivity contribution in [1.82, 2.24) is 24.6 Å². The van der Waals surface area contributed by atoms with Crippen molar-refractivity contribution in [3.8, 4) is 0 Å². The number of carbonyl (C=O) groups is 2. The Hall–Kier alpha value is -2.49. The summed E-state index contributed by atoms with van der Waals surface area (Å²) in [5.41, 5.74) is 0.615. The smallest absolute Gasteiger partial charge is 0.326 e. The Morgan fingerprint density at radius 1 is 1.55 bits per heavy atom. The van der Waals surface area contributed by atoms with Gasteiger partial charge in [0.15, 0.2) is 0 Å². The predicted molar refractivity (Wildman–Crippen MR) is 70.5 cm³/mol. The fraction of sp³-hybridized carbons (Fsp3) is 0.300. The standard InChI is InChI=1S/C10H12N6O3S/c1-5-13-10(20-16-5)15-9(19)14-7(8(17)18)2-6-3-11-4-12-6/h3-4,7H,2H2,1H3,(H,11,12)(H,17,18)(H2,13,14,15,16,19)/t7-/m1/s1. The number of carboxylic acids is 1. The van der Waals surface area contributed by atoms with Crippen molar-refractivity contribution in [2.24, 2.45) is 0 Å². The minimum absolute atomic E-state index is 0.109. The molecule has 4 N–H and O–H groups in total. The van der Waals surface area contributed by atoms with Crippen LogP contribution in [-0.4, -0.2) is 42.5 Å². The maximum Gasteiger partial charge on any atom is 0.326 e. The molecule has 0 aliphatic carbocycles. The zero-order valence-corrected chi connectivity index (χ0v) is 11.3. The summed E-state index contributed by atoms with van der Waals surface area (Å²) in [6.45, 7) is 1.69. The van der Waals surface area contributed by atoms with Gasteiger partial charge in [0.2, 0.25) is 5.13 Å². The molecule has 0 radical (unpaired) electrons. The van der Waals surface area contributed by atoms with Crippen molar-refractivity contribution < 1.29 is 14.7 Å². The number of carbonyl (C=O) groups excluding carboxylic acids is 1. The van der Waals surface area contributed by atoms with E-state index in [9.17, 15) is 9.59 Å². The number of imidazole rings is 1. The number of anilines is 1. The monoisotopic (exact) mass is 296 g/mol. The number of H-pyrrole nitrogens is 1. The second-order valence-corrected chi connectivity index (χ2v) is 4.67. The normalized spacial score (nSPS) is 11.8. The summed E-state index contributed by atoms with van der Waals surface area (Å²) in [4.78, 5) is 33.3. The quantitative estimate of drug-likeness (QED) is 0.630. The van der Waals surface area contributed by atoms with E-state index in [1.54, 1.807) is 6.92 Å².